The number of hydrogen-bond acceptors (Lipinski definition) is 7. The van der Waals surface area contributed by atoms with E-state index in [0.29, 0.717) is 17.7 Å². The van der Waals surface area contributed by atoms with E-state index in [1.807, 2.05) is 4.72 Å². The molecule has 0 atom stereocenters. The average molecular weight is 585 g/mol. The maximum absolute atomic E-state index is 13.4. The van der Waals surface area contributed by atoms with Gasteiger partial charge in [0.05, 0.1) is 20.9 Å². The van der Waals surface area contributed by atoms with Crippen LogP contribution in [-0.4, -0.2) is 23.9 Å². The molecule has 1 amide bonds. The summed E-state index contributed by atoms with van der Waals surface area (Å²) in [6, 6.07) is 19.0. The SMILES string of the molecule is O=C(NS(=O)(=O)c1ccc(Cl)s1)c1ccc(-n2c(=O)[nH]c3cc(NCc4cccc(F)c4)ccc3c2=O)cc1. The number of nitrogens with one attached hydrogen (secondary N) is 3. The average Bonchev–Trinajstić information content (AvgIpc) is 3.35. The van der Waals surface area contributed by atoms with Crippen molar-refractivity contribution < 1.29 is 17.6 Å². The van der Waals surface area contributed by atoms with Crippen LogP contribution in [0.3, 0.4) is 0 Å². The molecule has 0 saturated carbocycles. The van der Waals surface area contributed by atoms with Gasteiger partial charge in [-0.2, -0.15) is 0 Å². The molecule has 0 aliphatic heterocycles. The normalized spacial score (nSPS) is 11.4. The summed E-state index contributed by atoms with van der Waals surface area (Å²) < 4.78 is 41.2. The number of amides is 1. The molecule has 5 aromatic rings. The number of aromatic amines is 1. The number of thiophene rings is 1. The molecule has 0 radical (unpaired) electrons. The Hall–Kier alpha value is -4.26. The Morgan fingerprint density at radius 1 is 1.00 bits per heavy atom. The molecule has 2 heterocycles. The van der Waals surface area contributed by atoms with Crippen molar-refractivity contribution in [2.24, 2.45) is 0 Å². The molecule has 2 aromatic heterocycles. The third kappa shape index (κ3) is 5.62. The molecule has 0 aliphatic carbocycles. The van der Waals surface area contributed by atoms with E-state index in [1.54, 1.807) is 30.3 Å². The topological polar surface area (TPSA) is 130 Å². The van der Waals surface area contributed by atoms with Crippen LogP contribution in [0.2, 0.25) is 4.34 Å². The summed E-state index contributed by atoms with van der Waals surface area (Å²) in [4.78, 5) is 41.2. The number of nitrogens with zero attached hydrogens (tertiary/aromatic N) is 1. The van der Waals surface area contributed by atoms with Gasteiger partial charge in [0.25, 0.3) is 21.5 Å². The molecular formula is C26H18ClFN4O5S2. The van der Waals surface area contributed by atoms with Crippen LogP contribution in [0, 0.1) is 5.82 Å². The summed E-state index contributed by atoms with van der Waals surface area (Å²) in [5.74, 6) is -1.23. The van der Waals surface area contributed by atoms with Gasteiger partial charge in [0.1, 0.15) is 10.0 Å². The predicted octanol–water partition coefficient (Wildman–Crippen LogP) is 4.26. The number of carbonyl (C=O) groups excluding carboxylic acids is 1. The fourth-order valence-corrected chi connectivity index (χ4v) is 6.31. The Bertz CT molecular complexity index is 1950. The number of aromatic nitrogens is 2. The Kier molecular flexibility index (Phi) is 7.08. The van der Waals surface area contributed by atoms with E-state index in [9.17, 15) is 27.2 Å². The minimum atomic E-state index is -4.11. The van der Waals surface area contributed by atoms with Gasteiger partial charge in [-0.25, -0.2) is 26.9 Å². The Morgan fingerprint density at radius 3 is 2.46 bits per heavy atom. The van der Waals surface area contributed by atoms with Gasteiger partial charge in [-0.3, -0.25) is 9.59 Å². The van der Waals surface area contributed by atoms with Crippen molar-refractivity contribution in [2.45, 2.75) is 10.8 Å². The van der Waals surface area contributed by atoms with Gasteiger partial charge in [0.2, 0.25) is 0 Å². The van der Waals surface area contributed by atoms with E-state index in [2.05, 4.69) is 10.3 Å². The molecular weight excluding hydrogens is 567 g/mol. The largest absolute Gasteiger partial charge is 0.381 e. The highest BCUT2D eigenvalue weighted by Gasteiger charge is 2.21. The summed E-state index contributed by atoms with van der Waals surface area (Å²) in [7, 11) is -4.11. The monoisotopic (exact) mass is 584 g/mol. The molecule has 0 fully saturated rings. The van der Waals surface area contributed by atoms with Gasteiger partial charge in [-0.1, -0.05) is 23.7 Å². The molecule has 13 heteroatoms. The Balaban J connectivity index is 1.37. The third-order valence-electron chi connectivity index (χ3n) is 5.71. The molecule has 0 bridgehead atoms. The molecule has 198 valence electrons. The first kappa shape index (κ1) is 26.4. The van der Waals surface area contributed by atoms with Gasteiger partial charge in [0, 0.05) is 17.8 Å². The number of rotatable bonds is 7. The zero-order chi connectivity index (χ0) is 27.7. The summed E-state index contributed by atoms with van der Waals surface area (Å²) in [6.07, 6.45) is 0. The lowest BCUT2D eigenvalue weighted by Crippen LogP contribution is -2.33. The third-order valence-corrected chi connectivity index (χ3v) is 8.77. The lowest BCUT2D eigenvalue weighted by Gasteiger charge is -2.10. The first-order valence-electron chi connectivity index (χ1n) is 11.3. The smallest absolute Gasteiger partial charge is 0.333 e. The Labute approximate surface area is 229 Å². The maximum atomic E-state index is 13.4. The summed E-state index contributed by atoms with van der Waals surface area (Å²) in [5, 5.41) is 3.37. The molecule has 0 spiro atoms. The second-order valence-corrected chi connectivity index (χ2v) is 12.0. The second-order valence-electron chi connectivity index (χ2n) is 8.35. The first-order valence-corrected chi connectivity index (χ1v) is 14.0. The second kappa shape index (κ2) is 10.5. The van der Waals surface area contributed by atoms with E-state index < -0.39 is 27.2 Å². The fourth-order valence-electron chi connectivity index (χ4n) is 3.85. The summed E-state index contributed by atoms with van der Waals surface area (Å²) >= 11 is 6.59. The first-order chi connectivity index (χ1) is 18.6. The number of anilines is 1. The van der Waals surface area contributed by atoms with Crippen LogP contribution in [-0.2, 0) is 16.6 Å². The predicted molar refractivity (Wildman–Crippen MR) is 148 cm³/mol. The van der Waals surface area contributed by atoms with Crippen LogP contribution in [0.5, 0.6) is 0 Å². The van der Waals surface area contributed by atoms with Crippen LogP contribution in [0.4, 0.5) is 10.1 Å². The lowest BCUT2D eigenvalue weighted by molar-refractivity contribution is 0.0981. The van der Waals surface area contributed by atoms with Crippen molar-refractivity contribution >= 4 is 55.5 Å². The number of hydrogen-bond donors (Lipinski definition) is 3. The van der Waals surface area contributed by atoms with Crippen LogP contribution >= 0.6 is 22.9 Å². The summed E-state index contributed by atoms with van der Waals surface area (Å²) in [6.45, 7) is 0.340. The maximum Gasteiger partial charge on any atom is 0.333 e. The summed E-state index contributed by atoms with van der Waals surface area (Å²) in [5.41, 5.74) is 0.550. The lowest BCUT2D eigenvalue weighted by atomic mass is 10.2. The highest BCUT2D eigenvalue weighted by Crippen LogP contribution is 2.25. The fraction of sp³-hybridized carbons (Fsp3) is 0.0385. The van der Waals surface area contributed by atoms with Crippen LogP contribution in [0.15, 0.2) is 92.7 Å². The number of fused-ring (bicyclic) bond motifs is 1. The zero-order valence-electron chi connectivity index (χ0n) is 19.8. The highest BCUT2D eigenvalue weighted by atomic mass is 35.5. The van der Waals surface area contributed by atoms with Crippen molar-refractivity contribution in [1.29, 1.82) is 0 Å². The Morgan fingerprint density at radius 2 is 1.77 bits per heavy atom. The molecule has 5 rings (SSSR count). The number of halogens is 2. The van der Waals surface area contributed by atoms with Crippen LogP contribution in [0.1, 0.15) is 15.9 Å². The van der Waals surface area contributed by atoms with E-state index >= 15 is 0 Å². The minimum Gasteiger partial charge on any atom is -0.381 e. The van der Waals surface area contributed by atoms with Gasteiger partial charge in [0.15, 0.2) is 0 Å². The van der Waals surface area contributed by atoms with Crippen LogP contribution < -0.4 is 21.3 Å². The standard InChI is InChI=1S/C26H18ClFN4O5S2/c27-22-10-11-23(38-22)39(36,37)31-24(33)16-4-7-19(8-5-16)32-25(34)20-9-6-18(13-21(20)30-26(32)35)29-14-15-2-1-3-17(28)12-15/h1-13,29H,14H2,(H,30,35)(H,31,33). The number of sulfonamides is 1. The van der Waals surface area contributed by atoms with E-state index in [4.69, 9.17) is 11.6 Å². The minimum absolute atomic E-state index is 0.00394. The van der Waals surface area contributed by atoms with Gasteiger partial charge >= 0.3 is 5.69 Å². The molecule has 3 aromatic carbocycles. The van der Waals surface area contributed by atoms with Gasteiger partial charge in [-0.05, 0) is 72.3 Å². The quantitative estimate of drug-likeness (QED) is 0.262. The molecule has 39 heavy (non-hydrogen) atoms. The van der Waals surface area contributed by atoms with Crippen molar-refractivity contribution in [3.63, 3.8) is 0 Å². The van der Waals surface area contributed by atoms with Crippen molar-refractivity contribution in [1.82, 2.24) is 14.3 Å². The molecule has 0 saturated heterocycles. The van der Waals surface area contributed by atoms with Crippen molar-refractivity contribution in [3.05, 3.63) is 121 Å². The van der Waals surface area contributed by atoms with Crippen molar-refractivity contribution in [3.8, 4) is 5.69 Å². The van der Waals surface area contributed by atoms with Crippen LogP contribution in [0.25, 0.3) is 16.6 Å². The molecule has 9 nitrogen and oxygen atoms in total. The number of H-pyrrole nitrogens is 1. The number of carbonyl (C=O) groups is 1. The van der Waals surface area contributed by atoms with Gasteiger partial charge < -0.3 is 10.3 Å². The highest BCUT2D eigenvalue weighted by molar-refractivity contribution is 7.92. The zero-order valence-corrected chi connectivity index (χ0v) is 22.2. The number of benzene rings is 3. The molecule has 0 unspecified atom stereocenters. The van der Waals surface area contributed by atoms with Gasteiger partial charge in [-0.15, -0.1) is 11.3 Å². The van der Waals surface area contributed by atoms with Crippen molar-refractivity contribution in [2.75, 3.05) is 5.32 Å². The van der Waals surface area contributed by atoms with E-state index in [-0.39, 0.29) is 31.0 Å². The molecule has 3 N–H and O–H groups in total. The molecule has 0 aliphatic rings. The van der Waals surface area contributed by atoms with E-state index in [1.165, 1.54) is 48.5 Å². The van der Waals surface area contributed by atoms with E-state index in [0.717, 1.165) is 21.5 Å².